The van der Waals surface area contributed by atoms with Gasteiger partial charge in [-0.25, -0.2) is 4.98 Å². The van der Waals surface area contributed by atoms with Crippen molar-refractivity contribution < 1.29 is 14.3 Å². The molecule has 8 heteroatoms. The second-order valence-electron chi connectivity index (χ2n) is 7.01. The number of aromatic nitrogens is 2. The highest BCUT2D eigenvalue weighted by molar-refractivity contribution is 7.11. The maximum Gasteiger partial charge on any atom is 0.258 e. The lowest BCUT2D eigenvalue weighted by atomic mass is 10.0. The molecule has 0 bridgehead atoms. The first kappa shape index (κ1) is 21.8. The third kappa shape index (κ3) is 4.18. The van der Waals surface area contributed by atoms with Crippen molar-refractivity contribution in [3.8, 4) is 11.5 Å². The van der Waals surface area contributed by atoms with Crippen molar-refractivity contribution in [2.24, 2.45) is 0 Å². The van der Waals surface area contributed by atoms with E-state index in [9.17, 15) is 9.59 Å². The molecule has 0 aliphatic heterocycles. The number of rotatable bonds is 8. The summed E-state index contributed by atoms with van der Waals surface area (Å²) in [5.41, 5.74) is 0.285. The molecule has 0 unspecified atom stereocenters. The number of methoxy groups -OCH3 is 2. The lowest BCUT2D eigenvalue weighted by Crippen LogP contribution is -2.29. The molecule has 3 rings (SSSR count). The van der Waals surface area contributed by atoms with Gasteiger partial charge in [-0.1, -0.05) is 13.8 Å². The predicted octanol–water partition coefficient (Wildman–Crippen LogP) is 4.07. The Hall–Kier alpha value is -2.87. The number of carbonyl (C=O) groups is 1. The number of hydrogen-bond acceptors (Lipinski definition) is 6. The number of fused-ring (bicyclic) bond motifs is 1. The molecule has 2 heterocycles. The smallest absolute Gasteiger partial charge is 0.258 e. The van der Waals surface area contributed by atoms with Crippen LogP contribution < -0.4 is 20.3 Å². The van der Waals surface area contributed by atoms with Gasteiger partial charge >= 0.3 is 0 Å². The fourth-order valence-electron chi connectivity index (χ4n) is 3.57. The molecule has 0 radical (unpaired) electrons. The summed E-state index contributed by atoms with van der Waals surface area (Å²) >= 11 is 1.54. The predicted molar refractivity (Wildman–Crippen MR) is 119 cm³/mol. The van der Waals surface area contributed by atoms with Crippen LogP contribution in [-0.4, -0.2) is 29.7 Å². The molecule has 1 amide bonds. The van der Waals surface area contributed by atoms with Crippen molar-refractivity contribution in [2.45, 2.75) is 46.2 Å². The van der Waals surface area contributed by atoms with E-state index in [1.807, 2.05) is 20.8 Å². The zero-order valence-corrected chi connectivity index (χ0v) is 18.8. The molecule has 0 aliphatic rings. The van der Waals surface area contributed by atoms with Crippen molar-refractivity contribution in [2.75, 3.05) is 14.2 Å². The van der Waals surface area contributed by atoms with Gasteiger partial charge in [0, 0.05) is 28.7 Å². The molecule has 0 aliphatic carbocycles. The van der Waals surface area contributed by atoms with Crippen LogP contribution in [0.25, 0.3) is 10.8 Å². The van der Waals surface area contributed by atoms with E-state index in [2.05, 4.69) is 10.3 Å². The van der Waals surface area contributed by atoms with Crippen molar-refractivity contribution >= 4 is 28.0 Å². The Morgan fingerprint density at radius 1 is 1.17 bits per heavy atom. The second kappa shape index (κ2) is 9.30. The van der Waals surface area contributed by atoms with Crippen molar-refractivity contribution in [3.63, 3.8) is 0 Å². The van der Waals surface area contributed by atoms with Crippen LogP contribution in [0.5, 0.6) is 11.5 Å². The molecule has 1 N–H and O–H groups in total. The zero-order chi connectivity index (χ0) is 21.8. The number of benzene rings is 1. The summed E-state index contributed by atoms with van der Waals surface area (Å²) in [5.74, 6) is 0.672. The Labute approximate surface area is 179 Å². The van der Waals surface area contributed by atoms with Crippen LogP contribution in [-0.2, 0) is 6.54 Å². The van der Waals surface area contributed by atoms with Crippen molar-refractivity contribution in [3.05, 3.63) is 50.3 Å². The van der Waals surface area contributed by atoms with Crippen LogP contribution in [0, 0.1) is 6.92 Å². The first-order chi connectivity index (χ1) is 14.4. The molecular formula is C22H27N3O4S. The van der Waals surface area contributed by atoms with E-state index in [0.29, 0.717) is 34.4 Å². The van der Waals surface area contributed by atoms with E-state index in [-0.39, 0.29) is 17.5 Å². The monoisotopic (exact) mass is 429 g/mol. The van der Waals surface area contributed by atoms with Gasteiger partial charge in [-0.05, 0) is 31.9 Å². The number of thiazole rings is 1. The van der Waals surface area contributed by atoms with Gasteiger partial charge < -0.3 is 19.4 Å². The molecule has 30 heavy (non-hydrogen) atoms. The number of nitrogens with zero attached hydrogens (tertiary/aromatic N) is 2. The zero-order valence-electron chi connectivity index (χ0n) is 17.9. The van der Waals surface area contributed by atoms with E-state index in [1.165, 1.54) is 25.6 Å². The summed E-state index contributed by atoms with van der Waals surface area (Å²) in [4.78, 5) is 31.6. The van der Waals surface area contributed by atoms with E-state index < -0.39 is 0 Å². The van der Waals surface area contributed by atoms with E-state index in [1.54, 1.807) is 29.1 Å². The Kier molecular flexibility index (Phi) is 6.77. The van der Waals surface area contributed by atoms with Gasteiger partial charge in [-0.2, -0.15) is 0 Å². The molecule has 0 fully saturated rings. The van der Waals surface area contributed by atoms with Crippen LogP contribution in [0.1, 0.15) is 53.0 Å². The average Bonchev–Trinajstić information content (AvgIpc) is 3.18. The third-order valence-corrected chi connectivity index (χ3v) is 6.13. The van der Waals surface area contributed by atoms with Crippen molar-refractivity contribution in [1.82, 2.24) is 14.9 Å². The van der Waals surface area contributed by atoms with Gasteiger partial charge in [-0.3, -0.25) is 9.59 Å². The highest BCUT2D eigenvalue weighted by Crippen LogP contribution is 2.33. The topological polar surface area (TPSA) is 82.5 Å². The lowest BCUT2D eigenvalue weighted by molar-refractivity contribution is 0.0952. The Morgan fingerprint density at radius 3 is 2.33 bits per heavy atom. The van der Waals surface area contributed by atoms with E-state index in [4.69, 9.17) is 9.47 Å². The SMILES string of the molecule is CCC(CC)n1cc(C(=O)NCc2cnc(C)s2)c2cc(OC)c(OC)cc2c1=O. The van der Waals surface area contributed by atoms with Gasteiger partial charge in [0.25, 0.3) is 11.5 Å². The lowest BCUT2D eigenvalue weighted by Gasteiger charge is -2.20. The number of amides is 1. The van der Waals surface area contributed by atoms with Crippen LogP contribution in [0.2, 0.25) is 0 Å². The largest absolute Gasteiger partial charge is 0.493 e. The summed E-state index contributed by atoms with van der Waals surface area (Å²) in [7, 11) is 3.05. The summed E-state index contributed by atoms with van der Waals surface area (Å²) in [6.07, 6.45) is 5.01. The molecule has 0 spiro atoms. The van der Waals surface area contributed by atoms with Crippen molar-refractivity contribution in [1.29, 1.82) is 0 Å². The average molecular weight is 430 g/mol. The number of carbonyl (C=O) groups excluding carboxylic acids is 1. The standard InChI is InChI=1S/C22H27N3O4S/c1-6-14(7-2)25-12-18(21(26)24-11-15-10-23-13(3)30-15)16-8-19(28-4)20(29-5)9-17(16)22(25)27/h8-10,12,14H,6-7,11H2,1-5H3,(H,24,26). The van der Waals surface area contributed by atoms with Gasteiger partial charge in [-0.15, -0.1) is 11.3 Å². The summed E-state index contributed by atoms with van der Waals surface area (Å²) in [6, 6.07) is 3.35. The van der Waals surface area contributed by atoms with E-state index in [0.717, 1.165) is 22.7 Å². The molecule has 3 aromatic rings. The summed E-state index contributed by atoms with van der Waals surface area (Å²) < 4.78 is 12.4. The van der Waals surface area contributed by atoms with Gasteiger partial charge in [0.1, 0.15) is 0 Å². The highest BCUT2D eigenvalue weighted by atomic mass is 32.1. The number of hydrogen-bond donors (Lipinski definition) is 1. The van der Waals surface area contributed by atoms with Gasteiger partial charge in [0.15, 0.2) is 11.5 Å². The minimum atomic E-state index is -0.252. The first-order valence-electron chi connectivity index (χ1n) is 9.93. The van der Waals surface area contributed by atoms with E-state index >= 15 is 0 Å². The Morgan fingerprint density at radius 2 is 1.80 bits per heavy atom. The number of aryl methyl sites for hydroxylation is 1. The molecule has 0 atom stereocenters. The normalized spacial score (nSPS) is 11.1. The first-order valence-corrected chi connectivity index (χ1v) is 10.7. The maximum atomic E-state index is 13.2. The highest BCUT2D eigenvalue weighted by Gasteiger charge is 2.20. The van der Waals surface area contributed by atoms with Gasteiger partial charge in [0.2, 0.25) is 0 Å². The fourth-order valence-corrected chi connectivity index (χ4v) is 4.30. The Balaban J connectivity index is 2.15. The summed E-state index contributed by atoms with van der Waals surface area (Å²) in [5, 5.41) is 4.87. The van der Waals surface area contributed by atoms with Crippen LogP contribution in [0.15, 0.2) is 29.3 Å². The number of nitrogens with one attached hydrogen (secondary N) is 1. The quantitative estimate of drug-likeness (QED) is 0.584. The fraction of sp³-hybridized carbons (Fsp3) is 0.409. The van der Waals surface area contributed by atoms with Gasteiger partial charge in [0.05, 0.1) is 36.7 Å². The number of ether oxygens (including phenoxy) is 2. The maximum absolute atomic E-state index is 13.2. The van der Waals surface area contributed by atoms with Crippen LogP contribution >= 0.6 is 11.3 Å². The second-order valence-corrected chi connectivity index (χ2v) is 8.33. The third-order valence-electron chi connectivity index (χ3n) is 5.22. The van der Waals surface area contributed by atoms with Crippen LogP contribution in [0.4, 0.5) is 0 Å². The molecular weight excluding hydrogens is 402 g/mol. The number of pyridine rings is 1. The molecule has 2 aromatic heterocycles. The molecule has 160 valence electrons. The molecule has 1 aromatic carbocycles. The molecule has 0 saturated carbocycles. The molecule has 7 nitrogen and oxygen atoms in total. The minimum absolute atomic E-state index is 0.00527. The minimum Gasteiger partial charge on any atom is -0.493 e. The van der Waals surface area contributed by atoms with Crippen LogP contribution in [0.3, 0.4) is 0 Å². The Bertz CT molecular complexity index is 1120. The summed E-state index contributed by atoms with van der Waals surface area (Å²) in [6.45, 7) is 6.37. The molecule has 0 saturated heterocycles.